The molecule has 0 aliphatic carbocycles. The van der Waals surface area contributed by atoms with E-state index in [1.54, 1.807) is 42.7 Å². The summed E-state index contributed by atoms with van der Waals surface area (Å²) < 4.78 is 40.5. The van der Waals surface area contributed by atoms with Crippen molar-refractivity contribution in [1.82, 2.24) is 15.2 Å². The molecule has 10 heteroatoms. The van der Waals surface area contributed by atoms with Crippen LogP contribution in [0.4, 0.5) is 19.2 Å². The van der Waals surface area contributed by atoms with Crippen LogP contribution in [0.25, 0.3) is 11.5 Å². The molecule has 6 nitrogen and oxygen atoms in total. The number of amides is 1. The third kappa shape index (κ3) is 12.9. The van der Waals surface area contributed by atoms with E-state index in [0.29, 0.717) is 17.9 Å². The highest BCUT2D eigenvalue weighted by atomic mass is 32.2. The second kappa shape index (κ2) is 15.7. The Bertz CT molecular complexity index is 870. The monoisotopic (exact) mass is 454 g/mol. The molecule has 1 N–H and O–H groups in total. The van der Waals surface area contributed by atoms with E-state index in [-0.39, 0.29) is 22.7 Å². The number of nitrogens with one attached hydrogen (secondary N) is 1. The fraction of sp³-hybridized carbons (Fsp3) is 0.238. The Hall–Kier alpha value is -3.14. The Morgan fingerprint density at radius 2 is 1.74 bits per heavy atom. The number of rotatable bonds is 4. The first kappa shape index (κ1) is 27.9. The third-order valence-electron chi connectivity index (χ3n) is 2.77. The second-order valence-corrected chi connectivity index (χ2v) is 6.32. The second-order valence-electron chi connectivity index (χ2n) is 5.19. The summed E-state index contributed by atoms with van der Waals surface area (Å²) in [5.74, 6) is 0.322. The van der Waals surface area contributed by atoms with Gasteiger partial charge in [-0.1, -0.05) is 42.7 Å². The summed E-state index contributed by atoms with van der Waals surface area (Å²) in [6.07, 6.45) is 5.46. The van der Waals surface area contributed by atoms with Crippen molar-refractivity contribution in [3.05, 3.63) is 67.0 Å². The van der Waals surface area contributed by atoms with Gasteiger partial charge < -0.3 is 4.42 Å². The highest BCUT2D eigenvalue weighted by Crippen LogP contribution is 2.36. The van der Waals surface area contributed by atoms with Crippen molar-refractivity contribution in [2.45, 2.75) is 38.1 Å². The number of allylic oxidation sites excluding steroid dienone is 1. The highest BCUT2D eigenvalue weighted by molar-refractivity contribution is 8.00. The number of nitrogens with zero attached hydrogens (tertiary/aromatic N) is 3. The number of halogens is 3. The molecule has 0 bridgehead atoms. The standard InChI is InChI=1S/C8H7F3S.C8H6N4O2.C3H6.C2H6/c1-6-2-4-7(5-3-6)12-8(9,10)11;13-5-10-8-12-11-7(14-8)6-2-1-3-9-4-6;1-3-2;1-2/h2-5H,1H3;1-5H,(H,10,12,13);3H,1H2,2H3;1-2H3. The van der Waals surface area contributed by atoms with Crippen LogP contribution in [0.15, 0.2) is 70.8 Å². The third-order valence-corrected chi connectivity index (χ3v) is 3.51. The van der Waals surface area contributed by atoms with Gasteiger partial charge in [-0.05, 0) is 49.9 Å². The van der Waals surface area contributed by atoms with Crippen LogP contribution in [0.5, 0.6) is 0 Å². The zero-order valence-corrected chi connectivity index (χ0v) is 18.5. The molecule has 0 spiro atoms. The van der Waals surface area contributed by atoms with Crippen LogP contribution >= 0.6 is 11.8 Å². The molecule has 31 heavy (non-hydrogen) atoms. The van der Waals surface area contributed by atoms with Gasteiger partial charge in [-0.15, -0.1) is 11.7 Å². The summed E-state index contributed by atoms with van der Waals surface area (Å²) in [4.78, 5) is 14.2. The fourth-order valence-corrected chi connectivity index (χ4v) is 2.22. The average molecular weight is 455 g/mol. The van der Waals surface area contributed by atoms with Crippen LogP contribution in [0.3, 0.4) is 0 Å². The number of hydrogen-bond acceptors (Lipinski definition) is 6. The molecule has 1 aromatic carbocycles. The molecule has 3 rings (SSSR count). The number of alkyl halides is 3. The number of aryl methyl sites for hydroxylation is 1. The van der Waals surface area contributed by atoms with E-state index < -0.39 is 5.51 Å². The number of benzene rings is 1. The minimum Gasteiger partial charge on any atom is -0.403 e. The maximum atomic E-state index is 11.8. The fourth-order valence-electron chi connectivity index (χ4n) is 1.68. The van der Waals surface area contributed by atoms with Gasteiger partial charge in [-0.3, -0.25) is 15.1 Å². The molecular weight excluding hydrogens is 429 g/mol. The molecule has 2 aromatic heterocycles. The van der Waals surface area contributed by atoms with Gasteiger partial charge in [0.1, 0.15) is 0 Å². The minimum atomic E-state index is -4.19. The molecule has 0 saturated carbocycles. The van der Waals surface area contributed by atoms with E-state index in [4.69, 9.17) is 4.42 Å². The normalized spacial score (nSPS) is 9.52. The van der Waals surface area contributed by atoms with Crippen LogP contribution in [-0.2, 0) is 4.79 Å². The first-order valence-electron chi connectivity index (χ1n) is 9.12. The van der Waals surface area contributed by atoms with Crippen LogP contribution in [-0.4, -0.2) is 27.1 Å². The molecule has 0 aliphatic heterocycles. The number of hydrogen-bond donors (Lipinski definition) is 1. The maximum Gasteiger partial charge on any atom is 0.446 e. The predicted molar refractivity (Wildman–Crippen MR) is 118 cm³/mol. The number of carbonyl (C=O) groups is 1. The Labute approximate surface area is 184 Å². The molecule has 0 saturated heterocycles. The highest BCUT2D eigenvalue weighted by Gasteiger charge is 2.28. The van der Waals surface area contributed by atoms with Crippen molar-refractivity contribution in [2.75, 3.05) is 5.32 Å². The van der Waals surface area contributed by atoms with Crippen molar-refractivity contribution in [3.63, 3.8) is 0 Å². The van der Waals surface area contributed by atoms with E-state index in [9.17, 15) is 18.0 Å². The van der Waals surface area contributed by atoms with E-state index in [1.807, 2.05) is 27.7 Å². The predicted octanol–water partition coefficient (Wildman–Crippen LogP) is 6.53. The topological polar surface area (TPSA) is 80.9 Å². The summed E-state index contributed by atoms with van der Waals surface area (Å²) in [5.41, 5.74) is -2.52. The first-order valence-corrected chi connectivity index (χ1v) is 9.94. The van der Waals surface area contributed by atoms with Crippen molar-refractivity contribution in [2.24, 2.45) is 0 Å². The van der Waals surface area contributed by atoms with Gasteiger partial charge in [0.2, 0.25) is 6.41 Å². The van der Waals surface area contributed by atoms with Crippen LogP contribution in [0.1, 0.15) is 26.3 Å². The van der Waals surface area contributed by atoms with Crippen molar-refractivity contribution >= 4 is 24.2 Å². The molecule has 0 radical (unpaired) electrons. The van der Waals surface area contributed by atoms with E-state index in [1.165, 1.54) is 12.1 Å². The summed E-state index contributed by atoms with van der Waals surface area (Å²) in [7, 11) is 0. The minimum absolute atomic E-state index is 0.0684. The molecule has 0 unspecified atom stereocenters. The molecule has 3 aromatic rings. The van der Waals surface area contributed by atoms with Gasteiger partial charge in [-0.2, -0.15) is 13.2 Å². The van der Waals surface area contributed by atoms with Gasteiger partial charge in [0.15, 0.2) is 0 Å². The molecule has 0 aliphatic rings. The SMILES string of the molecule is C=CC.CC.Cc1ccc(SC(F)(F)F)cc1.O=CNc1nnc(-c2cccnc2)o1. The van der Waals surface area contributed by atoms with Crippen molar-refractivity contribution < 1.29 is 22.4 Å². The van der Waals surface area contributed by atoms with Crippen LogP contribution < -0.4 is 5.32 Å². The lowest BCUT2D eigenvalue weighted by atomic mass is 10.2. The van der Waals surface area contributed by atoms with E-state index >= 15 is 0 Å². The molecule has 1 amide bonds. The Balaban J connectivity index is 0.000000486. The lowest BCUT2D eigenvalue weighted by Crippen LogP contribution is -1.98. The summed E-state index contributed by atoms with van der Waals surface area (Å²) in [6.45, 7) is 11.1. The molecular formula is C21H25F3N4O2S. The zero-order chi connectivity index (χ0) is 23.7. The van der Waals surface area contributed by atoms with Crippen molar-refractivity contribution in [1.29, 1.82) is 0 Å². The molecule has 0 atom stereocenters. The van der Waals surface area contributed by atoms with Gasteiger partial charge in [-0.25, -0.2) is 0 Å². The summed E-state index contributed by atoms with van der Waals surface area (Å²) in [6, 6.07) is 9.86. The Morgan fingerprint density at radius 3 is 2.23 bits per heavy atom. The Morgan fingerprint density at radius 1 is 1.13 bits per heavy atom. The van der Waals surface area contributed by atoms with Gasteiger partial charge in [0.05, 0.1) is 5.56 Å². The van der Waals surface area contributed by atoms with Crippen molar-refractivity contribution in [3.8, 4) is 11.5 Å². The average Bonchev–Trinajstić information content (AvgIpc) is 3.21. The Kier molecular flexibility index (Phi) is 14.1. The van der Waals surface area contributed by atoms with Gasteiger partial charge in [0.25, 0.3) is 5.89 Å². The quantitative estimate of drug-likeness (QED) is 0.274. The van der Waals surface area contributed by atoms with Gasteiger partial charge in [0, 0.05) is 17.3 Å². The maximum absolute atomic E-state index is 11.8. The molecule has 2 heterocycles. The van der Waals surface area contributed by atoms with Gasteiger partial charge >= 0.3 is 11.5 Å². The first-order chi connectivity index (χ1) is 14.8. The van der Waals surface area contributed by atoms with Crippen LogP contribution in [0.2, 0.25) is 0 Å². The van der Waals surface area contributed by atoms with E-state index in [0.717, 1.165) is 5.56 Å². The zero-order valence-electron chi connectivity index (χ0n) is 17.7. The summed E-state index contributed by atoms with van der Waals surface area (Å²) >= 11 is -0.0906. The number of pyridine rings is 1. The summed E-state index contributed by atoms with van der Waals surface area (Å²) in [5, 5.41) is 9.58. The number of thioether (sulfide) groups is 1. The smallest absolute Gasteiger partial charge is 0.403 e. The number of aromatic nitrogens is 3. The lowest BCUT2D eigenvalue weighted by Gasteiger charge is -2.04. The van der Waals surface area contributed by atoms with Crippen LogP contribution in [0, 0.1) is 6.92 Å². The number of anilines is 1. The number of carbonyl (C=O) groups excluding carboxylic acids is 1. The molecule has 168 valence electrons. The largest absolute Gasteiger partial charge is 0.446 e. The lowest BCUT2D eigenvalue weighted by molar-refractivity contribution is -0.105. The van der Waals surface area contributed by atoms with E-state index in [2.05, 4.69) is 27.1 Å². The molecule has 0 fully saturated rings.